The van der Waals surface area contributed by atoms with Gasteiger partial charge in [-0.3, -0.25) is 4.90 Å². The molecule has 23 heavy (non-hydrogen) atoms. The third kappa shape index (κ3) is 5.33. The van der Waals surface area contributed by atoms with E-state index in [2.05, 4.69) is 17.1 Å². The smallest absolute Gasteiger partial charge is 0.314 e. The molecule has 0 radical (unpaired) electrons. The van der Waals surface area contributed by atoms with Crippen LogP contribution in [0.2, 0.25) is 0 Å². The Morgan fingerprint density at radius 3 is 2.39 bits per heavy atom. The maximum Gasteiger partial charge on any atom is 0.416 e. The van der Waals surface area contributed by atoms with E-state index in [1.807, 2.05) is 0 Å². The largest absolute Gasteiger partial charge is 0.416 e. The molecule has 7 heteroatoms. The molecule has 1 aliphatic heterocycles. The number of nitrogens with one attached hydrogen (secondary N) is 1. The van der Waals surface area contributed by atoms with Crippen LogP contribution in [0, 0.1) is 5.82 Å². The topological polar surface area (TPSA) is 15.3 Å². The second-order valence-corrected chi connectivity index (χ2v) is 5.68. The van der Waals surface area contributed by atoms with Gasteiger partial charge in [-0.15, -0.1) is 12.4 Å². The van der Waals surface area contributed by atoms with Gasteiger partial charge in [-0.05, 0) is 18.6 Å². The number of hydrogen-bond acceptors (Lipinski definition) is 2. The Kier molecular flexibility index (Phi) is 7.77. The predicted octanol–water partition coefficient (Wildman–Crippen LogP) is 4.40. The average molecular weight is 355 g/mol. The summed E-state index contributed by atoms with van der Waals surface area (Å²) >= 11 is 0. The van der Waals surface area contributed by atoms with E-state index >= 15 is 0 Å². The normalized spacial score (nSPS) is 17.6. The highest BCUT2D eigenvalue weighted by Gasteiger charge is 2.32. The highest BCUT2D eigenvalue weighted by molar-refractivity contribution is 5.85. The lowest BCUT2D eigenvalue weighted by Crippen LogP contribution is -2.45. The average Bonchev–Trinajstić information content (AvgIpc) is 2.49. The van der Waals surface area contributed by atoms with Crippen molar-refractivity contribution in [2.24, 2.45) is 0 Å². The Morgan fingerprint density at radius 2 is 1.87 bits per heavy atom. The lowest BCUT2D eigenvalue weighted by molar-refractivity contribution is -0.137. The van der Waals surface area contributed by atoms with Crippen LogP contribution in [0.4, 0.5) is 17.6 Å². The number of unbranched alkanes of at least 4 members (excludes halogenated alkanes) is 1. The van der Waals surface area contributed by atoms with Crippen LogP contribution < -0.4 is 5.32 Å². The van der Waals surface area contributed by atoms with Crippen LogP contribution >= 0.6 is 12.4 Å². The molecule has 1 aliphatic rings. The van der Waals surface area contributed by atoms with Crippen molar-refractivity contribution < 1.29 is 17.6 Å². The standard InChI is InChI=1S/C16H22F4N2.ClH/c1-2-3-4-15(22-9-7-21-8-10-22)13-6-5-12(11-14(13)17)16(18,19)20;/h5-6,11,15,21H,2-4,7-10H2,1H3;1H/t15-;/m1./s1. The molecule has 132 valence electrons. The van der Waals surface area contributed by atoms with Crippen molar-refractivity contribution in [1.82, 2.24) is 10.2 Å². The molecule has 1 N–H and O–H groups in total. The summed E-state index contributed by atoms with van der Waals surface area (Å²) in [7, 11) is 0. The third-order valence-corrected chi connectivity index (χ3v) is 4.11. The predicted molar refractivity (Wildman–Crippen MR) is 85.4 cm³/mol. The summed E-state index contributed by atoms with van der Waals surface area (Å²) in [5.74, 6) is -0.755. The van der Waals surface area contributed by atoms with Gasteiger partial charge in [-0.1, -0.05) is 25.8 Å². The van der Waals surface area contributed by atoms with Gasteiger partial charge in [0.2, 0.25) is 0 Å². The van der Waals surface area contributed by atoms with Crippen molar-refractivity contribution in [1.29, 1.82) is 0 Å². The van der Waals surface area contributed by atoms with E-state index in [0.717, 1.165) is 51.5 Å². The second kappa shape index (κ2) is 8.85. The van der Waals surface area contributed by atoms with Crippen molar-refractivity contribution in [2.75, 3.05) is 26.2 Å². The highest BCUT2D eigenvalue weighted by atomic mass is 35.5. The number of alkyl halides is 3. The fraction of sp³-hybridized carbons (Fsp3) is 0.625. The van der Waals surface area contributed by atoms with Gasteiger partial charge in [0.15, 0.2) is 0 Å². The number of hydrogen-bond donors (Lipinski definition) is 1. The minimum atomic E-state index is -4.51. The summed E-state index contributed by atoms with van der Waals surface area (Å²) in [6.45, 7) is 5.28. The van der Waals surface area contributed by atoms with E-state index in [9.17, 15) is 17.6 Å². The summed E-state index contributed by atoms with van der Waals surface area (Å²) in [4.78, 5) is 2.16. The van der Waals surface area contributed by atoms with Gasteiger partial charge in [0.05, 0.1) is 5.56 Å². The lowest BCUT2D eigenvalue weighted by atomic mass is 9.97. The fourth-order valence-corrected chi connectivity index (χ4v) is 2.90. The Morgan fingerprint density at radius 1 is 1.22 bits per heavy atom. The van der Waals surface area contributed by atoms with Crippen LogP contribution in [0.25, 0.3) is 0 Å². The number of piperazine rings is 1. The SMILES string of the molecule is CCCC[C@H](c1ccc(C(F)(F)F)cc1F)N1CCNCC1.Cl. The van der Waals surface area contributed by atoms with E-state index in [4.69, 9.17) is 0 Å². The molecule has 0 aliphatic carbocycles. The molecule has 1 saturated heterocycles. The molecule has 1 aromatic rings. The molecule has 1 atom stereocenters. The van der Waals surface area contributed by atoms with Crippen molar-refractivity contribution >= 4 is 12.4 Å². The first kappa shape index (κ1) is 20.2. The van der Waals surface area contributed by atoms with Gasteiger partial charge in [0.25, 0.3) is 0 Å². The molecule has 0 saturated carbocycles. The quantitative estimate of drug-likeness (QED) is 0.788. The molecule has 1 fully saturated rings. The summed E-state index contributed by atoms with van der Waals surface area (Å²) in [6.07, 6.45) is -1.84. The number of benzene rings is 1. The highest BCUT2D eigenvalue weighted by Crippen LogP contribution is 2.34. The zero-order chi connectivity index (χ0) is 16.2. The first-order valence-corrected chi connectivity index (χ1v) is 7.75. The van der Waals surface area contributed by atoms with Crippen LogP contribution in [0.3, 0.4) is 0 Å². The molecule has 2 rings (SSSR count). The first-order valence-electron chi connectivity index (χ1n) is 7.75. The molecule has 0 bridgehead atoms. The van der Waals surface area contributed by atoms with E-state index in [0.29, 0.717) is 11.6 Å². The first-order chi connectivity index (χ1) is 10.4. The summed E-state index contributed by atoms with van der Waals surface area (Å²) in [6, 6.07) is 2.76. The molecule has 1 heterocycles. The summed E-state index contributed by atoms with van der Waals surface area (Å²) < 4.78 is 52.3. The van der Waals surface area contributed by atoms with Crippen molar-refractivity contribution in [3.8, 4) is 0 Å². The molecule has 0 amide bonds. The zero-order valence-electron chi connectivity index (χ0n) is 13.1. The third-order valence-electron chi connectivity index (χ3n) is 4.11. The van der Waals surface area contributed by atoms with Crippen LogP contribution in [0.1, 0.15) is 43.4 Å². The summed E-state index contributed by atoms with van der Waals surface area (Å²) in [5, 5.41) is 3.24. The molecule has 0 unspecified atom stereocenters. The number of nitrogens with zero attached hydrogens (tertiary/aromatic N) is 1. The minimum absolute atomic E-state index is 0. The van der Waals surface area contributed by atoms with Crippen molar-refractivity contribution in [2.45, 2.75) is 38.4 Å². The van der Waals surface area contributed by atoms with Crippen LogP contribution in [-0.2, 0) is 6.18 Å². The second-order valence-electron chi connectivity index (χ2n) is 5.68. The van der Waals surface area contributed by atoms with Gasteiger partial charge < -0.3 is 5.32 Å². The van der Waals surface area contributed by atoms with Gasteiger partial charge in [-0.2, -0.15) is 13.2 Å². The van der Waals surface area contributed by atoms with E-state index in [-0.39, 0.29) is 18.4 Å². The van der Waals surface area contributed by atoms with Crippen molar-refractivity contribution in [3.05, 3.63) is 35.1 Å². The van der Waals surface area contributed by atoms with Crippen LogP contribution in [0.15, 0.2) is 18.2 Å². The number of rotatable bonds is 5. The molecular weight excluding hydrogens is 332 g/mol. The lowest BCUT2D eigenvalue weighted by Gasteiger charge is -2.35. The van der Waals surface area contributed by atoms with Gasteiger partial charge >= 0.3 is 6.18 Å². The maximum atomic E-state index is 14.3. The Bertz CT molecular complexity index is 487. The van der Waals surface area contributed by atoms with E-state index in [1.54, 1.807) is 0 Å². The molecule has 0 aromatic heterocycles. The Labute approximate surface area is 140 Å². The molecule has 1 aromatic carbocycles. The van der Waals surface area contributed by atoms with Crippen LogP contribution in [0.5, 0.6) is 0 Å². The zero-order valence-corrected chi connectivity index (χ0v) is 13.9. The van der Waals surface area contributed by atoms with Gasteiger partial charge in [0, 0.05) is 37.8 Å². The monoisotopic (exact) mass is 354 g/mol. The van der Waals surface area contributed by atoms with Gasteiger partial charge in [-0.25, -0.2) is 4.39 Å². The van der Waals surface area contributed by atoms with E-state index < -0.39 is 17.6 Å². The Balaban J connectivity index is 0.00000264. The number of halogens is 5. The minimum Gasteiger partial charge on any atom is -0.314 e. The Hall–Kier alpha value is -0.850. The van der Waals surface area contributed by atoms with E-state index in [1.165, 1.54) is 6.07 Å². The summed E-state index contributed by atoms with van der Waals surface area (Å²) in [5.41, 5.74) is -0.549. The molecular formula is C16H23ClF4N2. The van der Waals surface area contributed by atoms with Crippen LogP contribution in [-0.4, -0.2) is 31.1 Å². The van der Waals surface area contributed by atoms with Gasteiger partial charge in [0.1, 0.15) is 5.82 Å². The molecule has 2 nitrogen and oxygen atoms in total. The molecule has 0 spiro atoms. The maximum absolute atomic E-state index is 14.3. The fourth-order valence-electron chi connectivity index (χ4n) is 2.90. The van der Waals surface area contributed by atoms with Crippen molar-refractivity contribution in [3.63, 3.8) is 0 Å².